The van der Waals surface area contributed by atoms with Gasteiger partial charge in [0, 0.05) is 19.9 Å². The normalized spacial score (nSPS) is 20.3. The number of fused-ring (bicyclic) bond motifs is 1. The lowest BCUT2D eigenvalue weighted by Crippen LogP contribution is -2.34. The largest absolute Gasteiger partial charge is 0.458 e. The molecule has 2 atom stereocenters. The Hall–Kier alpha value is -2.34. The SMILES string of the molecule is CC(=O)OC1CCOC1n1c(=O)n(CCC(F)(F)F)c2c(Cl)nc(N)nc21. The van der Waals surface area contributed by atoms with Crippen molar-refractivity contribution in [2.75, 3.05) is 12.3 Å². The molecule has 1 aliphatic rings. The molecule has 0 radical (unpaired) electrons. The predicted molar refractivity (Wildman–Crippen MR) is 87.0 cm³/mol. The molecule has 3 rings (SSSR count). The lowest BCUT2D eigenvalue weighted by atomic mass is 10.2. The number of nitrogens with zero attached hydrogens (tertiary/aromatic N) is 4. The second kappa shape index (κ2) is 7.00. The molecule has 3 heterocycles. The lowest BCUT2D eigenvalue weighted by molar-refractivity contribution is -0.151. The van der Waals surface area contributed by atoms with Gasteiger partial charge in [0.15, 0.2) is 17.0 Å². The van der Waals surface area contributed by atoms with Crippen LogP contribution in [0.1, 0.15) is 26.0 Å². The van der Waals surface area contributed by atoms with Crippen LogP contribution in [0.25, 0.3) is 11.2 Å². The van der Waals surface area contributed by atoms with Crippen LogP contribution in [0.15, 0.2) is 4.79 Å². The van der Waals surface area contributed by atoms with Crippen LogP contribution >= 0.6 is 11.6 Å². The van der Waals surface area contributed by atoms with E-state index in [1.807, 2.05) is 0 Å². The van der Waals surface area contributed by atoms with Gasteiger partial charge in [-0.05, 0) is 0 Å². The zero-order chi connectivity index (χ0) is 19.9. The van der Waals surface area contributed by atoms with Gasteiger partial charge in [0.25, 0.3) is 0 Å². The summed E-state index contributed by atoms with van der Waals surface area (Å²) in [5.41, 5.74) is 4.53. The third kappa shape index (κ3) is 3.86. The van der Waals surface area contributed by atoms with E-state index in [1.165, 1.54) is 6.92 Å². The molecule has 2 aromatic heterocycles. The Labute approximate surface area is 154 Å². The highest BCUT2D eigenvalue weighted by Crippen LogP contribution is 2.31. The number of anilines is 1. The highest BCUT2D eigenvalue weighted by atomic mass is 35.5. The minimum absolute atomic E-state index is 0.0938. The summed E-state index contributed by atoms with van der Waals surface area (Å²) < 4.78 is 50.4. The fraction of sp³-hybridized carbons (Fsp3) is 0.571. The monoisotopic (exact) mass is 409 g/mol. The standard InChI is InChI=1S/C14H15ClF3N5O4/c1-6(24)27-7-2-5-26-11(7)23-10-8(9(15)20-12(19)21-10)22(13(23)25)4-3-14(16,17)18/h7,11H,2-5H2,1H3,(H2,19,20,21). The van der Waals surface area contributed by atoms with Crippen molar-refractivity contribution in [2.24, 2.45) is 0 Å². The topological polar surface area (TPSA) is 114 Å². The molecule has 9 nitrogen and oxygen atoms in total. The zero-order valence-electron chi connectivity index (χ0n) is 14.0. The molecule has 148 valence electrons. The maximum absolute atomic E-state index is 12.9. The van der Waals surface area contributed by atoms with Crippen molar-refractivity contribution in [3.8, 4) is 0 Å². The number of imidazole rings is 1. The van der Waals surface area contributed by atoms with Gasteiger partial charge in [-0.2, -0.15) is 23.1 Å². The summed E-state index contributed by atoms with van der Waals surface area (Å²) in [5.74, 6) is -0.854. The minimum atomic E-state index is -4.49. The second-order valence-corrected chi connectivity index (χ2v) is 6.27. The number of hydrogen-bond donors (Lipinski definition) is 1. The Morgan fingerprint density at radius 3 is 2.78 bits per heavy atom. The van der Waals surface area contributed by atoms with Gasteiger partial charge >= 0.3 is 17.8 Å². The van der Waals surface area contributed by atoms with Crippen LogP contribution in [0, 0.1) is 0 Å². The number of ether oxygens (including phenoxy) is 2. The van der Waals surface area contributed by atoms with Gasteiger partial charge in [-0.25, -0.2) is 9.36 Å². The number of halogens is 4. The van der Waals surface area contributed by atoms with Crippen molar-refractivity contribution in [2.45, 2.75) is 44.8 Å². The third-order valence-corrected chi connectivity index (χ3v) is 4.24. The molecule has 1 fully saturated rings. The predicted octanol–water partition coefficient (Wildman–Crippen LogP) is 1.63. The summed E-state index contributed by atoms with van der Waals surface area (Å²) in [4.78, 5) is 31.8. The Kier molecular flexibility index (Phi) is 5.04. The summed E-state index contributed by atoms with van der Waals surface area (Å²) in [5, 5.41) is -0.266. The van der Waals surface area contributed by atoms with Crippen LogP contribution in [-0.2, 0) is 20.8 Å². The fourth-order valence-corrected chi connectivity index (χ4v) is 3.22. The first-order valence-corrected chi connectivity index (χ1v) is 8.25. The smallest absolute Gasteiger partial charge is 0.390 e. The van der Waals surface area contributed by atoms with E-state index in [0.717, 1.165) is 9.13 Å². The van der Waals surface area contributed by atoms with E-state index in [1.54, 1.807) is 0 Å². The van der Waals surface area contributed by atoms with E-state index in [-0.39, 0.29) is 28.9 Å². The van der Waals surface area contributed by atoms with Crippen LogP contribution in [-0.4, -0.2) is 44.0 Å². The Morgan fingerprint density at radius 2 is 2.15 bits per heavy atom. The molecule has 1 saturated heterocycles. The number of carbonyl (C=O) groups is 1. The quantitative estimate of drug-likeness (QED) is 0.603. The maximum atomic E-state index is 12.9. The number of hydrogen-bond acceptors (Lipinski definition) is 7. The molecule has 0 bridgehead atoms. The number of alkyl halides is 3. The first-order chi connectivity index (χ1) is 12.6. The van der Waals surface area contributed by atoms with E-state index in [9.17, 15) is 22.8 Å². The van der Waals surface area contributed by atoms with Gasteiger partial charge in [0.05, 0.1) is 13.0 Å². The second-order valence-electron chi connectivity index (χ2n) is 5.91. The van der Waals surface area contributed by atoms with Gasteiger partial charge in [-0.3, -0.25) is 9.36 Å². The molecule has 2 unspecified atom stereocenters. The third-order valence-electron chi connectivity index (χ3n) is 3.98. The number of nitrogen functional groups attached to an aromatic ring is 1. The number of carbonyl (C=O) groups excluding carboxylic acids is 1. The molecule has 1 aliphatic heterocycles. The molecule has 27 heavy (non-hydrogen) atoms. The average molecular weight is 410 g/mol. The summed E-state index contributed by atoms with van der Waals surface area (Å²) in [6, 6.07) is 0. The molecular weight excluding hydrogens is 395 g/mol. The molecule has 0 aliphatic carbocycles. The molecular formula is C14H15ClF3N5O4. The average Bonchev–Trinajstić information content (AvgIpc) is 3.05. The van der Waals surface area contributed by atoms with Gasteiger partial charge in [-0.1, -0.05) is 11.6 Å². The molecule has 13 heteroatoms. The van der Waals surface area contributed by atoms with Crippen molar-refractivity contribution in [3.63, 3.8) is 0 Å². The van der Waals surface area contributed by atoms with Crippen molar-refractivity contribution in [1.29, 1.82) is 0 Å². The Bertz CT molecular complexity index is 941. The van der Waals surface area contributed by atoms with Gasteiger partial charge < -0.3 is 15.2 Å². The first-order valence-electron chi connectivity index (χ1n) is 7.88. The van der Waals surface area contributed by atoms with Crippen LogP contribution in [0.4, 0.5) is 19.1 Å². The van der Waals surface area contributed by atoms with Crippen LogP contribution in [0.5, 0.6) is 0 Å². The van der Waals surface area contributed by atoms with Crippen molar-refractivity contribution >= 4 is 34.7 Å². The number of aromatic nitrogens is 4. The highest BCUT2D eigenvalue weighted by Gasteiger charge is 2.37. The van der Waals surface area contributed by atoms with E-state index in [2.05, 4.69) is 9.97 Å². The number of esters is 1. The van der Waals surface area contributed by atoms with Gasteiger partial charge in [0.1, 0.15) is 11.6 Å². The molecule has 2 aromatic rings. The molecule has 0 amide bonds. The molecule has 0 spiro atoms. The fourth-order valence-electron chi connectivity index (χ4n) is 2.95. The number of nitrogens with two attached hydrogens (primary N) is 1. The highest BCUT2D eigenvalue weighted by molar-refractivity contribution is 6.33. The zero-order valence-corrected chi connectivity index (χ0v) is 14.8. The summed E-state index contributed by atoms with van der Waals surface area (Å²) in [6.45, 7) is 0.685. The van der Waals surface area contributed by atoms with Gasteiger partial charge in [-0.15, -0.1) is 0 Å². The number of aryl methyl sites for hydroxylation is 1. The van der Waals surface area contributed by atoms with E-state index >= 15 is 0 Å². The van der Waals surface area contributed by atoms with Crippen molar-refractivity contribution in [3.05, 3.63) is 15.6 Å². The van der Waals surface area contributed by atoms with E-state index < -0.39 is 43.1 Å². The van der Waals surface area contributed by atoms with Gasteiger partial charge in [0.2, 0.25) is 5.95 Å². The van der Waals surface area contributed by atoms with E-state index in [4.69, 9.17) is 26.8 Å². The minimum Gasteiger partial charge on any atom is -0.458 e. The molecule has 0 aromatic carbocycles. The van der Waals surface area contributed by atoms with Crippen molar-refractivity contribution < 1.29 is 27.4 Å². The van der Waals surface area contributed by atoms with Crippen molar-refractivity contribution in [1.82, 2.24) is 19.1 Å². The summed E-state index contributed by atoms with van der Waals surface area (Å²) in [6.07, 6.45) is -7.32. The maximum Gasteiger partial charge on any atom is 0.390 e. The van der Waals surface area contributed by atoms with E-state index in [0.29, 0.717) is 6.42 Å². The Morgan fingerprint density at radius 1 is 1.44 bits per heavy atom. The lowest BCUT2D eigenvalue weighted by Gasteiger charge is -2.19. The summed E-state index contributed by atoms with van der Waals surface area (Å²) in [7, 11) is 0. The van der Waals surface area contributed by atoms with Crippen LogP contribution in [0.2, 0.25) is 5.15 Å². The Balaban J connectivity index is 2.16. The summed E-state index contributed by atoms with van der Waals surface area (Å²) >= 11 is 6.02. The first kappa shape index (κ1) is 19.4. The molecule has 0 saturated carbocycles. The number of rotatable bonds is 4. The molecule has 2 N–H and O–H groups in total. The van der Waals surface area contributed by atoms with Crippen LogP contribution in [0.3, 0.4) is 0 Å². The van der Waals surface area contributed by atoms with Crippen LogP contribution < -0.4 is 11.4 Å².